The van der Waals surface area contributed by atoms with Crippen LogP contribution in [0.25, 0.3) is 0 Å². The van der Waals surface area contributed by atoms with Gasteiger partial charge < -0.3 is 9.64 Å². The Morgan fingerprint density at radius 3 is 2.63 bits per heavy atom. The summed E-state index contributed by atoms with van der Waals surface area (Å²) in [5.41, 5.74) is 0. The van der Waals surface area contributed by atoms with Crippen LogP contribution in [0.1, 0.15) is 52.4 Å². The highest BCUT2D eigenvalue weighted by Gasteiger charge is 2.41. The van der Waals surface area contributed by atoms with E-state index in [1.165, 1.54) is 0 Å². The topological polar surface area (TPSA) is 46.6 Å². The monoisotopic (exact) mass is 267 g/mol. The van der Waals surface area contributed by atoms with E-state index >= 15 is 0 Å². The zero-order valence-electron chi connectivity index (χ0n) is 12.1. The Morgan fingerprint density at radius 2 is 2.00 bits per heavy atom. The predicted molar refractivity (Wildman–Crippen MR) is 72.5 cm³/mol. The fourth-order valence-corrected chi connectivity index (χ4v) is 2.60. The van der Waals surface area contributed by atoms with Crippen LogP contribution in [0, 0.1) is 11.8 Å². The molecule has 1 aliphatic heterocycles. The van der Waals surface area contributed by atoms with Gasteiger partial charge >= 0.3 is 5.97 Å². The molecular formula is C15H25NO3. The molecule has 0 radical (unpaired) electrons. The molecule has 1 unspecified atom stereocenters. The van der Waals surface area contributed by atoms with Gasteiger partial charge in [-0.05, 0) is 44.4 Å². The van der Waals surface area contributed by atoms with Gasteiger partial charge in [0.15, 0.2) is 0 Å². The maximum atomic E-state index is 12.1. The standard InChI is InChI=1S/C15H25NO3/c1-11(2)5-4-10-19-15(18)13-6-3-9-16(13)14(17)12-7-8-12/h11-13H,3-10H2,1-2H3. The molecule has 0 aromatic carbocycles. The van der Waals surface area contributed by atoms with Crippen LogP contribution in [0.15, 0.2) is 0 Å². The fourth-order valence-electron chi connectivity index (χ4n) is 2.60. The molecule has 1 aliphatic carbocycles. The van der Waals surface area contributed by atoms with E-state index in [2.05, 4.69) is 13.8 Å². The number of carbonyl (C=O) groups is 2. The van der Waals surface area contributed by atoms with Crippen LogP contribution >= 0.6 is 0 Å². The third kappa shape index (κ3) is 3.95. The SMILES string of the molecule is CC(C)CCCOC(=O)C1CCCN1C(=O)C1CC1. The summed E-state index contributed by atoms with van der Waals surface area (Å²) >= 11 is 0. The molecule has 0 aromatic heterocycles. The van der Waals surface area contributed by atoms with Crippen LogP contribution in [0.5, 0.6) is 0 Å². The summed E-state index contributed by atoms with van der Waals surface area (Å²) in [7, 11) is 0. The molecule has 108 valence electrons. The normalized spacial score (nSPS) is 22.9. The third-order valence-corrected chi connectivity index (χ3v) is 3.90. The van der Waals surface area contributed by atoms with Crippen molar-refractivity contribution in [3.63, 3.8) is 0 Å². The van der Waals surface area contributed by atoms with Gasteiger partial charge in [0.1, 0.15) is 6.04 Å². The Labute approximate surface area is 115 Å². The van der Waals surface area contributed by atoms with Crippen LogP contribution in [0.2, 0.25) is 0 Å². The molecule has 0 N–H and O–H groups in total. The van der Waals surface area contributed by atoms with Crippen molar-refractivity contribution in [1.82, 2.24) is 4.90 Å². The Kier molecular flexibility index (Phi) is 4.83. The van der Waals surface area contributed by atoms with E-state index in [1.807, 2.05) is 0 Å². The molecule has 1 heterocycles. The number of carbonyl (C=O) groups excluding carboxylic acids is 2. The molecule has 1 saturated carbocycles. The second kappa shape index (κ2) is 6.40. The summed E-state index contributed by atoms with van der Waals surface area (Å²) in [4.78, 5) is 25.8. The summed E-state index contributed by atoms with van der Waals surface area (Å²) in [6.07, 6.45) is 5.65. The van der Waals surface area contributed by atoms with Crippen molar-refractivity contribution in [2.45, 2.75) is 58.4 Å². The molecule has 4 nitrogen and oxygen atoms in total. The van der Waals surface area contributed by atoms with E-state index in [0.29, 0.717) is 12.5 Å². The third-order valence-electron chi connectivity index (χ3n) is 3.90. The smallest absolute Gasteiger partial charge is 0.328 e. The minimum atomic E-state index is -0.313. The van der Waals surface area contributed by atoms with E-state index < -0.39 is 0 Å². The molecule has 0 aromatic rings. The van der Waals surface area contributed by atoms with E-state index in [-0.39, 0.29) is 23.8 Å². The lowest BCUT2D eigenvalue weighted by atomic mass is 10.1. The van der Waals surface area contributed by atoms with Gasteiger partial charge in [-0.1, -0.05) is 13.8 Å². The summed E-state index contributed by atoms with van der Waals surface area (Å²) in [5, 5.41) is 0. The number of hydrogen-bond donors (Lipinski definition) is 0. The van der Waals surface area contributed by atoms with Gasteiger partial charge in [-0.2, -0.15) is 0 Å². The molecule has 2 aliphatic rings. The van der Waals surface area contributed by atoms with Gasteiger partial charge in [-0.15, -0.1) is 0 Å². The Morgan fingerprint density at radius 1 is 1.26 bits per heavy atom. The number of amides is 1. The van der Waals surface area contributed by atoms with Crippen molar-refractivity contribution in [1.29, 1.82) is 0 Å². The number of ether oxygens (including phenoxy) is 1. The van der Waals surface area contributed by atoms with Crippen LogP contribution in [0.3, 0.4) is 0 Å². The molecule has 19 heavy (non-hydrogen) atoms. The molecule has 1 atom stereocenters. The average Bonchev–Trinajstić information content (AvgIpc) is 3.10. The Bertz CT molecular complexity index is 336. The first-order valence-corrected chi connectivity index (χ1v) is 7.56. The Hall–Kier alpha value is -1.06. The molecule has 1 amide bonds. The lowest BCUT2D eigenvalue weighted by Crippen LogP contribution is -2.42. The van der Waals surface area contributed by atoms with E-state index in [1.54, 1.807) is 4.90 Å². The zero-order valence-corrected chi connectivity index (χ0v) is 12.1. The molecular weight excluding hydrogens is 242 g/mol. The first kappa shape index (κ1) is 14.4. The first-order chi connectivity index (χ1) is 9.09. The van der Waals surface area contributed by atoms with Gasteiger partial charge in [0.2, 0.25) is 5.91 Å². The largest absolute Gasteiger partial charge is 0.464 e. The van der Waals surface area contributed by atoms with Gasteiger partial charge in [0.25, 0.3) is 0 Å². The lowest BCUT2D eigenvalue weighted by Gasteiger charge is -2.23. The number of likely N-dealkylation sites (tertiary alicyclic amines) is 1. The van der Waals surface area contributed by atoms with E-state index in [0.717, 1.165) is 45.1 Å². The second-order valence-corrected chi connectivity index (χ2v) is 6.17. The van der Waals surface area contributed by atoms with Gasteiger partial charge in [0, 0.05) is 12.5 Å². The maximum absolute atomic E-state index is 12.1. The molecule has 1 saturated heterocycles. The molecule has 4 heteroatoms. The Balaban J connectivity index is 1.75. The van der Waals surface area contributed by atoms with Gasteiger partial charge in [-0.25, -0.2) is 4.79 Å². The van der Waals surface area contributed by atoms with E-state index in [4.69, 9.17) is 4.74 Å². The first-order valence-electron chi connectivity index (χ1n) is 7.56. The van der Waals surface area contributed by atoms with Crippen LogP contribution in [0.4, 0.5) is 0 Å². The summed E-state index contributed by atoms with van der Waals surface area (Å²) in [5.74, 6) is 0.796. The molecule has 0 bridgehead atoms. The van der Waals surface area contributed by atoms with Crippen molar-refractivity contribution >= 4 is 11.9 Å². The molecule has 0 spiro atoms. The summed E-state index contributed by atoms with van der Waals surface area (Å²) in [6.45, 7) is 5.53. The molecule has 2 fully saturated rings. The number of rotatable bonds is 6. The number of esters is 1. The fraction of sp³-hybridized carbons (Fsp3) is 0.867. The van der Waals surface area contributed by atoms with Gasteiger partial charge in [0.05, 0.1) is 6.61 Å². The second-order valence-electron chi connectivity index (χ2n) is 6.17. The summed E-state index contributed by atoms with van der Waals surface area (Å²) < 4.78 is 5.32. The predicted octanol–water partition coefficient (Wildman–Crippen LogP) is 2.37. The maximum Gasteiger partial charge on any atom is 0.328 e. The number of nitrogens with zero attached hydrogens (tertiary/aromatic N) is 1. The quantitative estimate of drug-likeness (QED) is 0.548. The average molecular weight is 267 g/mol. The highest BCUT2D eigenvalue weighted by atomic mass is 16.5. The van der Waals surface area contributed by atoms with Crippen LogP contribution < -0.4 is 0 Å². The molecule has 2 rings (SSSR count). The van der Waals surface area contributed by atoms with Crippen molar-refractivity contribution < 1.29 is 14.3 Å². The van der Waals surface area contributed by atoms with Crippen molar-refractivity contribution in [2.24, 2.45) is 11.8 Å². The highest BCUT2D eigenvalue weighted by molar-refractivity contribution is 5.87. The van der Waals surface area contributed by atoms with Crippen molar-refractivity contribution in [3.05, 3.63) is 0 Å². The summed E-state index contributed by atoms with van der Waals surface area (Å²) in [6, 6.07) is -0.313. The minimum absolute atomic E-state index is 0.168. The van der Waals surface area contributed by atoms with E-state index in [9.17, 15) is 9.59 Å². The highest BCUT2D eigenvalue weighted by Crippen LogP contribution is 2.33. The lowest BCUT2D eigenvalue weighted by molar-refractivity contribution is -0.153. The number of hydrogen-bond acceptors (Lipinski definition) is 3. The van der Waals surface area contributed by atoms with Crippen LogP contribution in [-0.4, -0.2) is 36.0 Å². The van der Waals surface area contributed by atoms with Gasteiger partial charge in [-0.3, -0.25) is 4.79 Å². The van der Waals surface area contributed by atoms with Crippen molar-refractivity contribution in [3.8, 4) is 0 Å². The van der Waals surface area contributed by atoms with Crippen molar-refractivity contribution in [2.75, 3.05) is 13.2 Å². The minimum Gasteiger partial charge on any atom is -0.464 e. The van der Waals surface area contributed by atoms with Crippen LogP contribution in [-0.2, 0) is 14.3 Å². The zero-order chi connectivity index (χ0) is 13.8.